The molecular formula is C21H19ClO6. The van der Waals surface area contributed by atoms with Crippen LogP contribution in [0.5, 0.6) is 11.5 Å². The van der Waals surface area contributed by atoms with Crippen LogP contribution >= 0.6 is 11.6 Å². The van der Waals surface area contributed by atoms with E-state index in [0.717, 1.165) is 5.56 Å². The summed E-state index contributed by atoms with van der Waals surface area (Å²) in [5.41, 5.74) is 1.31. The van der Waals surface area contributed by atoms with Gasteiger partial charge in [0.05, 0.1) is 7.11 Å². The lowest BCUT2D eigenvalue weighted by atomic mass is 10.1. The first-order valence-electron chi connectivity index (χ1n) is 8.51. The number of rotatable bonds is 5. The van der Waals surface area contributed by atoms with Gasteiger partial charge in [0.15, 0.2) is 11.5 Å². The average Bonchev–Trinajstić information content (AvgIpc) is 2.63. The van der Waals surface area contributed by atoms with Crippen molar-refractivity contribution in [3.05, 3.63) is 64.2 Å². The molecule has 0 aliphatic carbocycles. The van der Waals surface area contributed by atoms with Gasteiger partial charge < -0.3 is 18.9 Å². The number of cyclic esters (lactones) is 2. The first-order chi connectivity index (χ1) is 13.3. The summed E-state index contributed by atoms with van der Waals surface area (Å²) in [5.74, 6) is -1.77. The van der Waals surface area contributed by atoms with Gasteiger partial charge in [-0.05, 0) is 41.5 Å². The monoisotopic (exact) mass is 402 g/mol. The number of carbonyl (C=O) groups is 2. The Bertz CT molecular complexity index is 908. The van der Waals surface area contributed by atoms with Gasteiger partial charge in [-0.3, -0.25) is 0 Å². The molecule has 0 saturated carbocycles. The highest BCUT2D eigenvalue weighted by atomic mass is 35.5. The predicted molar refractivity (Wildman–Crippen MR) is 103 cm³/mol. The molecule has 7 heteroatoms. The van der Waals surface area contributed by atoms with Crippen molar-refractivity contribution in [1.29, 1.82) is 0 Å². The van der Waals surface area contributed by atoms with E-state index in [0.29, 0.717) is 28.7 Å². The molecule has 2 aromatic rings. The molecule has 0 bridgehead atoms. The Balaban J connectivity index is 1.83. The minimum absolute atomic E-state index is 0.187. The van der Waals surface area contributed by atoms with Gasteiger partial charge in [-0.2, -0.15) is 0 Å². The third-order valence-electron chi connectivity index (χ3n) is 3.92. The number of hydrogen-bond acceptors (Lipinski definition) is 6. The zero-order valence-corrected chi connectivity index (χ0v) is 16.4. The quantitative estimate of drug-likeness (QED) is 0.425. The molecule has 0 unspecified atom stereocenters. The molecule has 28 heavy (non-hydrogen) atoms. The molecule has 0 aromatic heterocycles. The summed E-state index contributed by atoms with van der Waals surface area (Å²) in [7, 11) is 1.53. The second-order valence-electron chi connectivity index (χ2n) is 6.56. The van der Waals surface area contributed by atoms with Crippen LogP contribution in [0.1, 0.15) is 25.0 Å². The van der Waals surface area contributed by atoms with Crippen LogP contribution in [0, 0.1) is 0 Å². The number of benzene rings is 2. The lowest BCUT2D eigenvalue weighted by molar-refractivity contribution is -0.222. The summed E-state index contributed by atoms with van der Waals surface area (Å²) >= 11 is 5.89. The van der Waals surface area contributed by atoms with Crippen LogP contribution in [-0.2, 0) is 25.7 Å². The number of esters is 2. The minimum atomic E-state index is -1.28. The van der Waals surface area contributed by atoms with Crippen LogP contribution in [0.25, 0.3) is 6.08 Å². The standard InChI is InChI=1S/C21H19ClO6/c1-21(2)27-19(23)16(20(24)28-21)10-14-6-9-17(25-3)18(11-14)26-12-13-4-7-15(22)8-5-13/h4-11H,12H2,1-3H3. The van der Waals surface area contributed by atoms with Gasteiger partial charge in [-0.1, -0.05) is 29.8 Å². The third kappa shape index (κ3) is 4.64. The van der Waals surface area contributed by atoms with Crippen molar-refractivity contribution in [2.24, 2.45) is 0 Å². The highest BCUT2D eigenvalue weighted by Gasteiger charge is 2.38. The second-order valence-corrected chi connectivity index (χ2v) is 7.00. The van der Waals surface area contributed by atoms with E-state index in [-0.39, 0.29) is 5.57 Å². The second kappa shape index (κ2) is 7.94. The number of ether oxygens (including phenoxy) is 4. The molecule has 0 amide bonds. The van der Waals surface area contributed by atoms with Gasteiger partial charge in [-0.25, -0.2) is 9.59 Å². The molecule has 0 N–H and O–H groups in total. The van der Waals surface area contributed by atoms with Crippen LogP contribution in [0.4, 0.5) is 0 Å². The van der Waals surface area contributed by atoms with Crippen LogP contribution in [0.2, 0.25) is 5.02 Å². The summed E-state index contributed by atoms with van der Waals surface area (Å²) in [6, 6.07) is 12.3. The maximum atomic E-state index is 12.1. The number of halogens is 1. The van der Waals surface area contributed by atoms with Gasteiger partial charge in [0.25, 0.3) is 5.79 Å². The fourth-order valence-corrected chi connectivity index (χ4v) is 2.71. The molecule has 0 spiro atoms. The van der Waals surface area contributed by atoms with E-state index in [1.54, 1.807) is 30.3 Å². The third-order valence-corrected chi connectivity index (χ3v) is 4.18. The minimum Gasteiger partial charge on any atom is -0.493 e. The first-order valence-corrected chi connectivity index (χ1v) is 8.89. The fourth-order valence-electron chi connectivity index (χ4n) is 2.58. The van der Waals surface area contributed by atoms with Crippen molar-refractivity contribution < 1.29 is 28.5 Å². The molecule has 1 aliphatic rings. The molecule has 1 heterocycles. The molecule has 0 radical (unpaired) electrons. The summed E-state index contributed by atoms with van der Waals surface area (Å²) in [6.45, 7) is 3.29. The van der Waals surface area contributed by atoms with Crippen LogP contribution in [-0.4, -0.2) is 24.8 Å². The zero-order valence-electron chi connectivity index (χ0n) is 15.7. The van der Waals surface area contributed by atoms with E-state index in [1.165, 1.54) is 27.0 Å². The largest absolute Gasteiger partial charge is 0.493 e. The van der Waals surface area contributed by atoms with E-state index in [2.05, 4.69) is 0 Å². The first kappa shape index (κ1) is 19.8. The highest BCUT2D eigenvalue weighted by Crippen LogP contribution is 2.31. The predicted octanol–water partition coefficient (Wildman–Crippen LogP) is 4.15. The van der Waals surface area contributed by atoms with Gasteiger partial charge in [0.2, 0.25) is 0 Å². The Hall–Kier alpha value is -2.99. The Morgan fingerprint density at radius 2 is 1.64 bits per heavy atom. The molecule has 1 fully saturated rings. The lowest BCUT2D eigenvalue weighted by Crippen LogP contribution is -2.41. The molecule has 3 rings (SSSR count). The van der Waals surface area contributed by atoms with Crippen molar-refractivity contribution in [2.45, 2.75) is 26.2 Å². The normalized spacial score (nSPS) is 15.5. The van der Waals surface area contributed by atoms with Crippen molar-refractivity contribution >= 4 is 29.6 Å². The van der Waals surface area contributed by atoms with Crippen molar-refractivity contribution in [2.75, 3.05) is 7.11 Å². The van der Waals surface area contributed by atoms with Gasteiger partial charge in [0.1, 0.15) is 12.2 Å². The maximum absolute atomic E-state index is 12.1. The Morgan fingerprint density at radius 3 is 2.25 bits per heavy atom. The fraction of sp³-hybridized carbons (Fsp3) is 0.238. The number of hydrogen-bond donors (Lipinski definition) is 0. The Kier molecular flexibility index (Phi) is 5.61. The molecule has 2 aromatic carbocycles. The molecule has 6 nitrogen and oxygen atoms in total. The number of carbonyl (C=O) groups excluding carboxylic acids is 2. The summed E-state index contributed by atoms with van der Waals surface area (Å²) in [5, 5.41) is 0.643. The highest BCUT2D eigenvalue weighted by molar-refractivity contribution is 6.30. The van der Waals surface area contributed by atoms with Crippen LogP contribution < -0.4 is 9.47 Å². The average molecular weight is 403 g/mol. The van der Waals surface area contributed by atoms with Crippen molar-refractivity contribution in [3.63, 3.8) is 0 Å². The summed E-state index contributed by atoms with van der Waals surface area (Å²) in [6.07, 6.45) is 1.40. The lowest BCUT2D eigenvalue weighted by Gasteiger charge is -2.29. The topological polar surface area (TPSA) is 71.1 Å². The van der Waals surface area contributed by atoms with Crippen molar-refractivity contribution in [3.8, 4) is 11.5 Å². The van der Waals surface area contributed by atoms with E-state index in [9.17, 15) is 9.59 Å². The molecular weight excluding hydrogens is 384 g/mol. The Morgan fingerprint density at radius 1 is 1.00 bits per heavy atom. The molecule has 0 atom stereocenters. The smallest absolute Gasteiger partial charge is 0.348 e. The number of methoxy groups -OCH3 is 1. The Labute approximate surface area is 167 Å². The molecule has 1 aliphatic heterocycles. The van der Waals surface area contributed by atoms with Crippen LogP contribution in [0.3, 0.4) is 0 Å². The van der Waals surface area contributed by atoms with Gasteiger partial charge >= 0.3 is 11.9 Å². The maximum Gasteiger partial charge on any atom is 0.348 e. The SMILES string of the molecule is COc1ccc(C=C2C(=O)OC(C)(C)OC2=O)cc1OCc1ccc(Cl)cc1. The molecule has 146 valence electrons. The van der Waals surface area contributed by atoms with Crippen molar-refractivity contribution in [1.82, 2.24) is 0 Å². The summed E-state index contributed by atoms with van der Waals surface area (Å²) in [4.78, 5) is 24.2. The molecule has 1 saturated heterocycles. The van der Waals surface area contributed by atoms with E-state index in [1.807, 2.05) is 12.1 Å². The van der Waals surface area contributed by atoms with Gasteiger partial charge in [0, 0.05) is 18.9 Å². The van der Waals surface area contributed by atoms with E-state index >= 15 is 0 Å². The van der Waals surface area contributed by atoms with Crippen LogP contribution in [0.15, 0.2) is 48.0 Å². The van der Waals surface area contributed by atoms with Gasteiger partial charge in [-0.15, -0.1) is 0 Å². The summed E-state index contributed by atoms with van der Waals surface area (Å²) < 4.78 is 21.4. The van der Waals surface area contributed by atoms with E-state index < -0.39 is 17.7 Å². The zero-order chi connectivity index (χ0) is 20.3. The van der Waals surface area contributed by atoms with E-state index in [4.69, 9.17) is 30.5 Å².